The van der Waals surface area contributed by atoms with Crippen molar-refractivity contribution in [3.63, 3.8) is 0 Å². The molecule has 1 amide bonds. The van der Waals surface area contributed by atoms with Gasteiger partial charge in [0.25, 0.3) is 0 Å². The van der Waals surface area contributed by atoms with E-state index in [0.29, 0.717) is 12.3 Å². The molecule has 1 heterocycles. The van der Waals surface area contributed by atoms with Crippen LogP contribution < -0.4 is 0 Å². The van der Waals surface area contributed by atoms with Crippen LogP contribution in [0.15, 0.2) is 53.0 Å². The summed E-state index contributed by atoms with van der Waals surface area (Å²) in [7, 11) is 0. The van der Waals surface area contributed by atoms with Gasteiger partial charge in [-0.2, -0.15) is 0 Å². The molecule has 4 heteroatoms. The molecule has 1 fully saturated rings. The minimum Gasteiger partial charge on any atom is -0.340 e. The number of hydrogen-bond donors (Lipinski definition) is 0. The average molecular weight is 415 g/mol. The summed E-state index contributed by atoms with van der Waals surface area (Å²) in [5.41, 5.74) is 3.81. The van der Waals surface area contributed by atoms with Crippen molar-refractivity contribution in [2.75, 3.05) is 26.2 Å². The molecule has 0 atom stereocenters. The fourth-order valence-corrected chi connectivity index (χ4v) is 3.57. The van der Waals surface area contributed by atoms with Gasteiger partial charge in [0.2, 0.25) is 5.91 Å². The lowest BCUT2D eigenvalue weighted by Crippen LogP contribution is -2.48. The molecule has 2 aromatic carbocycles. The van der Waals surface area contributed by atoms with E-state index in [1.54, 1.807) is 0 Å². The number of rotatable bonds is 5. The van der Waals surface area contributed by atoms with Crippen molar-refractivity contribution in [2.45, 2.75) is 32.7 Å². The maximum atomic E-state index is 12.5. The molecule has 26 heavy (non-hydrogen) atoms. The van der Waals surface area contributed by atoms with E-state index < -0.39 is 0 Å². The number of halogens is 1. The van der Waals surface area contributed by atoms with Crippen LogP contribution in [0.3, 0.4) is 0 Å². The smallest absolute Gasteiger partial charge is 0.227 e. The molecule has 0 aliphatic carbocycles. The first-order chi connectivity index (χ1) is 12.5. The highest BCUT2D eigenvalue weighted by Gasteiger charge is 2.21. The third kappa shape index (κ3) is 5.18. The summed E-state index contributed by atoms with van der Waals surface area (Å²) in [6.45, 7) is 8.93. The highest BCUT2D eigenvalue weighted by atomic mass is 79.9. The van der Waals surface area contributed by atoms with Crippen LogP contribution in [0.1, 0.15) is 36.5 Å². The molecular weight excluding hydrogens is 388 g/mol. The highest BCUT2D eigenvalue weighted by molar-refractivity contribution is 9.10. The summed E-state index contributed by atoms with van der Waals surface area (Å²) in [6, 6.07) is 16.9. The van der Waals surface area contributed by atoms with E-state index in [1.165, 1.54) is 11.1 Å². The van der Waals surface area contributed by atoms with E-state index in [1.807, 2.05) is 29.2 Å². The Morgan fingerprint density at radius 2 is 1.50 bits per heavy atom. The fourth-order valence-electron chi connectivity index (χ4n) is 3.31. The molecule has 1 saturated heterocycles. The molecule has 2 aromatic rings. The van der Waals surface area contributed by atoms with Gasteiger partial charge in [-0.3, -0.25) is 9.69 Å². The van der Waals surface area contributed by atoms with E-state index in [2.05, 4.69) is 58.9 Å². The summed E-state index contributed by atoms with van der Waals surface area (Å²) in [5.74, 6) is 0.803. The Hall–Kier alpha value is -1.65. The number of nitrogens with zero attached hydrogens (tertiary/aromatic N) is 2. The van der Waals surface area contributed by atoms with Gasteiger partial charge < -0.3 is 4.90 Å². The summed E-state index contributed by atoms with van der Waals surface area (Å²) < 4.78 is 1.05. The Labute approximate surface area is 165 Å². The maximum Gasteiger partial charge on any atom is 0.227 e. The summed E-state index contributed by atoms with van der Waals surface area (Å²) >= 11 is 3.43. The number of carbonyl (C=O) groups is 1. The molecule has 0 aromatic heterocycles. The minimum atomic E-state index is 0.230. The minimum absolute atomic E-state index is 0.230. The standard InChI is InChI=1S/C22H27BrN2O/c1-17(2)20-7-3-19(4-8-20)16-24-11-13-25(14-12-24)22(26)15-18-5-9-21(23)10-6-18/h3-10,17H,11-16H2,1-2H3. The van der Waals surface area contributed by atoms with Crippen LogP contribution in [0.2, 0.25) is 0 Å². The molecular formula is C22H27BrN2O. The summed E-state index contributed by atoms with van der Waals surface area (Å²) in [6.07, 6.45) is 0.490. The quantitative estimate of drug-likeness (QED) is 0.720. The van der Waals surface area contributed by atoms with Gasteiger partial charge in [0.05, 0.1) is 6.42 Å². The van der Waals surface area contributed by atoms with Gasteiger partial charge in [0.1, 0.15) is 0 Å². The lowest BCUT2D eigenvalue weighted by atomic mass is 10.0. The number of hydrogen-bond acceptors (Lipinski definition) is 2. The third-order valence-electron chi connectivity index (χ3n) is 5.05. The summed E-state index contributed by atoms with van der Waals surface area (Å²) in [4.78, 5) is 17.0. The summed E-state index contributed by atoms with van der Waals surface area (Å²) in [5, 5.41) is 0. The highest BCUT2D eigenvalue weighted by Crippen LogP contribution is 2.17. The fraction of sp³-hybridized carbons (Fsp3) is 0.409. The first-order valence-corrected chi connectivity index (χ1v) is 10.1. The van der Waals surface area contributed by atoms with E-state index in [9.17, 15) is 4.79 Å². The zero-order chi connectivity index (χ0) is 18.5. The van der Waals surface area contributed by atoms with Gasteiger partial charge in [-0.25, -0.2) is 0 Å². The second kappa shape index (κ2) is 8.83. The van der Waals surface area contributed by atoms with Crippen LogP contribution in [0.25, 0.3) is 0 Å². The van der Waals surface area contributed by atoms with Crippen LogP contribution in [-0.2, 0) is 17.8 Å². The van der Waals surface area contributed by atoms with Crippen molar-refractivity contribution in [3.8, 4) is 0 Å². The van der Waals surface area contributed by atoms with Gasteiger partial charge in [0, 0.05) is 37.2 Å². The maximum absolute atomic E-state index is 12.5. The Morgan fingerprint density at radius 1 is 0.923 bits per heavy atom. The van der Waals surface area contributed by atoms with Gasteiger partial charge in [0.15, 0.2) is 0 Å². The van der Waals surface area contributed by atoms with Crippen molar-refractivity contribution < 1.29 is 4.79 Å². The second-order valence-electron chi connectivity index (χ2n) is 7.36. The van der Waals surface area contributed by atoms with E-state index in [0.717, 1.165) is 42.8 Å². The number of carbonyl (C=O) groups excluding carboxylic acids is 1. The molecule has 3 rings (SSSR count). The van der Waals surface area contributed by atoms with Crippen molar-refractivity contribution in [1.82, 2.24) is 9.80 Å². The molecule has 0 unspecified atom stereocenters. The van der Waals surface area contributed by atoms with Crippen molar-refractivity contribution >= 4 is 21.8 Å². The number of benzene rings is 2. The Balaban J connectivity index is 1.47. The van der Waals surface area contributed by atoms with E-state index in [4.69, 9.17) is 0 Å². The van der Waals surface area contributed by atoms with Crippen LogP contribution in [0.5, 0.6) is 0 Å². The van der Waals surface area contributed by atoms with Gasteiger partial charge >= 0.3 is 0 Å². The SMILES string of the molecule is CC(C)c1ccc(CN2CCN(C(=O)Cc3ccc(Br)cc3)CC2)cc1. The molecule has 0 spiro atoms. The normalized spacial score (nSPS) is 15.5. The average Bonchev–Trinajstić information content (AvgIpc) is 2.64. The van der Waals surface area contributed by atoms with Crippen molar-refractivity contribution in [1.29, 1.82) is 0 Å². The zero-order valence-corrected chi connectivity index (χ0v) is 17.2. The van der Waals surface area contributed by atoms with Gasteiger partial charge in [-0.1, -0.05) is 66.2 Å². The lowest BCUT2D eigenvalue weighted by Gasteiger charge is -2.35. The predicted molar refractivity (Wildman–Crippen MR) is 110 cm³/mol. The lowest BCUT2D eigenvalue weighted by molar-refractivity contribution is -0.132. The molecule has 0 bridgehead atoms. The molecule has 138 valence electrons. The molecule has 0 radical (unpaired) electrons. The second-order valence-corrected chi connectivity index (χ2v) is 8.27. The number of piperazine rings is 1. The van der Waals surface area contributed by atoms with Gasteiger partial charge in [-0.05, 0) is 34.7 Å². The molecule has 1 aliphatic heterocycles. The van der Waals surface area contributed by atoms with Crippen LogP contribution >= 0.6 is 15.9 Å². The van der Waals surface area contributed by atoms with Crippen molar-refractivity contribution in [2.24, 2.45) is 0 Å². The van der Waals surface area contributed by atoms with E-state index >= 15 is 0 Å². The molecule has 0 N–H and O–H groups in total. The zero-order valence-electron chi connectivity index (χ0n) is 15.6. The first-order valence-electron chi connectivity index (χ1n) is 9.34. The monoisotopic (exact) mass is 414 g/mol. The Bertz CT molecular complexity index is 717. The third-order valence-corrected chi connectivity index (χ3v) is 5.57. The molecule has 0 saturated carbocycles. The molecule has 3 nitrogen and oxygen atoms in total. The Morgan fingerprint density at radius 3 is 2.08 bits per heavy atom. The number of amides is 1. The molecule has 1 aliphatic rings. The van der Waals surface area contributed by atoms with Crippen LogP contribution in [0.4, 0.5) is 0 Å². The van der Waals surface area contributed by atoms with Gasteiger partial charge in [-0.15, -0.1) is 0 Å². The topological polar surface area (TPSA) is 23.6 Å². The van der Waals surface area contributed by atoms with E-state index in [-0.39, 0.29) is 5.91 Å². The van der Waals surface area contributed by atoms with Crippen LogP contribution in [0, 0.1) is 0 Å². The largest absolute Gasteiger partial charge is 0.340 e. The Kier molecular flexibility index (Phi) is 6.49. The first kappa shape index (κ1) is 19.1. The predicted octanol–water partition coefficient (Wildman–Crippen LogP) is 4.46. The van der Waals surface area contributed by atoms with Crippen molar-refractivity contribution in [3.05, 3.63) is 69.7 Å². The van der Waals surface area contributed by atoms with Crippen LogP contribution in [-0.4, -0.2) is 41.9 Å².